The normalized spacial score (nSPS) is 21.9. The fourth-order valence-corrected chi connectivity index (χ4v) is 3.50. The first-order valence-electron chi connectivity index (χ1n) is 6.67. The number of likely N-dealkylation sites (tertiary alicyclic amines) is 1. The van der Waals surface area contributed by atoms with Crippen molar-refractivity contribution in [3.8, 4) is 0 Å². The van der Waals surface area contributed by atoms with Gasteiger partial charge in [-0.1, -0.05) is 6.92 Å². The van der Waals surface area contributed by atoms with Crippen molar-refractivity contribution >= 4 is 11.3 Å². The van der Waals surface area contributed by atoms with Crippen molar-refractivity contribution in [2.45, 2.75) is 32.6 Å². The molecule has 0 spiro atoms. The summed E-state index contributed by atoms with van der Waals surface area (Å²) in [7, 11) is 0. The maximum absolute atomic E-state index is 5.55. The van der Waals surface area contributed by atoms with E-state index >= 15 is 0 Å². The number of nitrogens with zero attached hydrogens (tertiary/aromatic N) is 2. The van der Waals surface area contributed by atoms with Crippen LogP contribution in [0.15, 0.2) is 5.38 Å². The van der Waals surface area contributed by atoms with Crippen molar-refractivity contribution in [1.29, 1.82) is 0 Å². The highest BCUT2D eigenvalue weighted by Gasteiger charge is 2.19. The molecule has 2 rings (SSSR count). The predicted molar refractivity (Wildman–Crippen MR) is 73.4 cm³/mol. The van der Waals surface area contributed by atoms with Gasteiger partial charge in [0.25, 0.3) is 0 Å². The molecule has 0 bridgehead atoms. The number of thiazole rings is 1. The topological polar surface area (TPSA) is 42.2 Å². The molecule has 1 saturated heterocycles. The lowest BCUT2D eigenvalue weighted by molar-refractivity contribution is 0.182. The SMILES string of the molecule is CCN1CCCC(Cc2nc(CCN)cs2)C1. The van der Waals surface area contributed by atoms with Gasteiger partial charge < -0.3 is 10.6 Å². The molecule has 1 aliphatic heterocycles. The first kappa shape index (κ1) is 13.0. The van der Waals surface area contributed by atoms with Gasteiger partial charge >= 0.3 is 0 Å². The molecule has 2 N–H and O–H groups in total. The lowest BCUT2D eigenvalue weighted by Gasteiger charge is -2.31. The molecule has 0 aliphatic carbocycles. The highest BCUT2D eigenvalue weighted by atomic mass is 32.1. The summed E-state index contributed by atoms with van der Waals surface area (Å²) in [6.07, 6.45) is 4.79. The van der Waals surface area contributed by atoms with Crippen molar-refractivity contribution in [3.63, 3.8) is 0 Å². The number of hydrogen-bond acceptors (Lipinski definition) is 4. The van der Waals surface area contributed by atoms with E-state index in [1.54, 1.807) is 11.3 Å². The molecule has 4 heteroatoms. The predicted octanol–water partition coefficient (Wildman–Crippen LogP) is 1.92. The lowest BCUT2D eigenvalue weighted by atomic mass is 9.95. The zero-order valence-electron chi connectivity index (χ0n) is 10.7. The summed E-state index contributed by atoms with van der Waals surface area (Å²) < 4.78 is 0. The van der Waals surface area contributed by atoms with Crippen molar-refractivity contribution < 1.29 is 0 Å². The third-order valence-electron chi connectivity index (χ3n) is 3.51. The molecule has 1 aromatic rings. The summed E-state index contributed by atoms with van der Waals surface area (Å²) in [4.78, 5) is 7.22. The summed E-state index contributed by atoms with van der Waals surface area (Å²) in [5, 5.41) is 3.47. The molecule has 0 amide bonds. The van der Waals surface area contributed by atoms with Crippen LogP contribution in [-0.4, -0.2) is 36.1 Å². The Balaban J connectivity index is 1.86. The number of nitrogens with two attached hydrogens (primary N) is 1. The average Bonchev–Trinajstić information content (AvgIpc) is 2.77. The van der Waals surface area contributed by atoms with Gasteiger partial charge in [0.1, 0.15) is 0 Å². The van der Waals surface area contributed by atoms with E-state index in [9.17, 15) is 0 Å². The van der Waals surface area contributed by atoms with Gasteiger partial charge in [-0.2, -0.15) is 0 Å². The molecule has 1 aliphatic rings. The zero-order chi connectivity index (χ0) is 12.1. The van der Waals surface area contributed by atoms with E-state index in [0.29, 0.717) is 6.54 Å². The second kappa shape index (κ2) is 6.47. The molecule has 1 fully saturated rings. The highest BCUT2D eigenvalue weighted by Crippen LogP contribution is 2.22. The minimum Gasteiger partial charge on any atom is -0.330 e. The average molecular weight is 253 g/mol. The second-order valence-corrected chi connectivity index (χ2v) is 5.82. The number of piperidine rings is 1. The number of aromatic nitrogens is 1. The van der Waals surface area contributed by atoms with Crippen molar-refractivity contribution in [2.75, 3.05) is 26.2 Å². The maximum Gasteiger partial charge on any atom is 0.0931 e. The molecule has 17 heavy (non-hydrogen) atoms. The molecule has 1 unspecified atom stereocenters. The van der Waals surface area contributed by atoms with Crippen LogP contribution in [0.3, 0.4) is 0 Å². The maximum atomic E-state index is 5.55. The van der Waals surface area contributed by atoms with E-state index < -0.39 is 0 Å². The van der Waals surface area contributed by atoms with E-state index in [1.165, 1.54) is 43.2 Å². The summed E-state index contributed by atoms with van der Waals surface area (Å²) in [5.41, 5.74) is 6.72. The van der Waals surface area contributed by atoms with Crippen LogP contribution in [0.25, 0.3) is 0 Å². The van der Waals surface area contributed by atoms with E-state index in [0.717, 1.165) is 18.8 Å². The van der Waals surface area contributed by atoms with Crippen LogP contribution < -0.4 is 5.73 Å². The van der Waals surface area contributed by atoms with Gasteiger partial charge in [0.05, 0.1) is 10.7 Å². The van der Waals surface area contributed by atoms with Gasteiger partial charge in [-0.15, -0.1) is 11.3 Å². The smallest absolute Gasteiger partial charge is 0.0931 e. The monoisotopic (exact) mass is 253 g/mol. The quantitative estimate of drug-likeness (QED) is 0.872. The Morgan fingerprint density at radius 1 is 1.59 bits per heavy atom. The van der Waals surface area contributed by atoms with E-state index in [1.807, 2.05) is 0 Å². The van der Waals surface area contributed by atoms with Crippen molar-refractivity contribution in [1.82, 2.24) is 9.88 Å². The first-order chi connectivity index (χ1) is 8.31. The number of rotatable bonds is 5. The second-order valence-electron chi connectivity index (χ2n) is 4.88. The van der Waals surface area contributed by atoms with Crippen LogP contribution in [0, 0.1) is 5.92 Å². The fourth-order valence-electron chi connectivity index (χ4n) is 2.56. The fraction of sp³-hybridized carbons (Fsp3) is 0.769. The van der Waals surface area contributed by atoms with Gasteiger partial charge in [-0.05, 0) is 38.4 Å². The molecule has 96 valence electrons. The van der Waals surface area contributed by atoms with Crippen LogP contribution in [0.4, 0.5) is 0 Å². The summed E-state index contributed by atoms with van der Waals surface area (Å²) in [6.45, 7) is 6.68. The summed E-state index contributed by atoms with van der Waals surface area (Å²) >= 11 is 1.81. The molecule has 3 nitrogen and oxygen atoms in total. The van der Waals surface area contributed by atoms with Crippen LogP contribution in [0.5, 0.6) is 0 Å². The Bertz CT molecular complexity index is 337. The van der Waals surface area contributed by atoms with Crippen LogP contribution in [0.1, 0.15) is 30.5 Å². The molecule has 0 aromatic carbocycles. The van der Waals surface area contributed by atoms with Gasteiger partial charge in [0.2, 0.25) is 0 Å². The first-order valence-corrected chi connectivity index (χ1v) is 7.55. The largest absolute Gasteiger partial charge is 0.330 e. The van der Waals surface area contributed by atoms with Crippen molar-refractivity contribution in [3.05, 3.63) is 16.1 Å². The number of hydrogen-bond donors (Lipinski definition) is 1. The summed E-state index contributed by atoms with van der Waals surface area (Å²) in [6, 6.07) is 0. The minimum atomic E-state index is 0.705. The minimum absolute atomic E-state index is 0.705. The molecule has 0 radical (unpaired) electrons. The van der Waals surface area contributed by atoms with E-state index in [2.05, 4.69) is 22.2 Å². The lowest BCUT2D eigenvalue weighted by Crippen LogP contribution is -2.35. The van der Waals surface area contributed by atoms with Crippen LogP contribution in [0.2, 0.25) is 0 Å². The Labute approximate surface area is 108 Å². The van der Waals surface area contributed by atoms with Gasteiger partial charge in [0, 0.05) is 24.8 Å². The third-order valence-corrected chi connectivity index (χ3v) is 4.43. The summed E-state index contributed by atoms with van der Waals surface area (Å²) in [5.74, 6) is 0.806. The van der Waals surface area contributed by atoms with Crippen LogP contribution in [-0.2, 0) is 12.8 Å². The van der Waals surface area contributed by atoms with Gasteiger partial charge in [-0.3, -0.25) is 0 Å². The Kier molecular flexibility index (Phi) is 4.95. The van der Waals surface area contributed by atoms with Crippen molar-refractivity contribution in [2.24, 2.45) is 11.7 Å². The Morgan fingerprint density at radius 2 is 2.47 bits per heavy atom. The molecule has 1 aromatic heterocycles. The Hall–Kier alpha value is -0.450. The molecule has 0 saturated carbocycles. The highest BCUT2D eigenvalue weighted by molar-refractivity contribution is 7.09. The standard InChI is InChI=1S/C13H23N3S/c1-2-16-7-3-4-11(9-16)8-13-15-12(5-6-14)10-17-13/h10-11H,2-9,14H2,1H3. The Morgan fingerprint density at radius 3 is 3.24 bits per heavy atom. The molecular formula is C13H23N3S. The van der Waals surface area contributed by atoms with Gasteiger partial charge in [0.15, 0.2) is 0 Å². The van der Waals surface area contributed by atoms with Crippen LogP contribution >= 0.6 is 11.3 Å². The van der Waals surface area contributed by atoms with E-state index in [4.69, 9.17) is 5.73 Å². The van der Waals surface area contributed by atoms with E-state index in [-0.39, 0.29) is 0 Å². The third kappa shape index (κ3) is 3.76. The van der Waals surface area contributed by atoms with Gasteiger partial charge in [-0.25, -0.2) is 4.98 Å². The molecule has 1 atom stereocenters. The molecule has 2 heterocycles. The molecular weight excluding hydrogens is 230 g/mol. The zero-order valence-corrected chi connectivity index (χ0v) is 11.5.